The van der Waals surface area contributed by atoms with Crippen LogP contribution in [0.3, 0.4) is 0 Å². The van der Waals surface area contributed by atoms with E-state index in [1.54, 1.807) is 18.2 Å². The van der Waals surface area contributed by atoms with E-state index in [-0.39, 0.29) is 18.1 Å². The Balaban J connectivity index is 2.11. The topological polar surface area (TPSA) is 64.1 Å². The number of amides is 1. The first-order valence-corrected chi connectivity index (χ1v) is 7.66. The minimum absolute atomic E-state index is 0.0895. The average Bonchev–Trinajstić information content (AvgIpc) is 2.43. The van der Waals surface area contributed by atoms with Crippen LogP contribution in [0.1, 0.15) is 26.5 Å². The zero-order valence-electron chi connectivity index (χ0n) is 13.7. The third-order valence-corrected chi connectivity index (χ3v) is 3.05. The fraction of sp³-hybridized carbons (Fsp3) is 0.353. The number of aryl methyl sites for hydroxylation is 1. The van der Waals surface area contributed by atoms with Crippen LogP contribution in [-0.2, 0) is 4.79 Å². The van der Waals surface area contributed by atoms with Crippen molar-refractivity contribution in [3.05, 3.63) is 41.0 Å². The number of carbonyl (C=O) groups excluding carboxylic acids is 1. The molecule has 0 aliphatic rings. The predicted molar refractivity (Wildman–Crippen MR) is 90.6 cm³/mol. The molecule has 2 aromatic rings. The van der Waals surface area contributed by atoms with Crippen LogP contribution in [0.2, 0.25) is 5.02 Å². The van der Waals surface area contributed by atoms with Gasteiger partial charge in [-0.2, -0.15) is 4.98 Å². The van der Waals surface area contributed by atoms with Crippen molar-refractivity contribution in [1.82, 2.24) is 15.3 Å². The van der Waals surface area contributed by atoms with Crippen molar-refractivity contribution >= 4 is 17.5 Å². The van der Waals surface area contributed by atoms with E-state index < -0.39 is 0 Å². The molecular weight excluding hydrogens is 314 g/mol. The van der Waals surface area contributed by atoms with Crippen molar-refractivity contribution in [2.45, 2.75) is 33.2 Å². The molecule has 6 heteroatoms. The highest BCUT2D eigenvalue weighted by Gasteiger charge is 2.14. The number of nitrogens with zero attached hydrogens (tertiary/aromatic N) is 2. The number of rotatable bonds is 4. The summed E-state index contributed by atoms with van der Waals surface area (Å²) in [6, 6.07) is 8.93. The van der Waals surface area contributed by atoms with Crippen molar-refractivity contribution in [1.29, 1.82) is 0 Å². The fourth-order valence-corrected chi connectivity index (χ4v) is 2.06. The first-order valence-electron chi connectivity index (χ1n) is 7.28. The predicted octanol–water partition coefficient (Wildman–Crippen LogP) is 3.40. The van der Waals surface area contributed by atoms with Crippen LogP contribution in [0.15, 0.2) is 30.3 Å². The zero-order valence-corrected chi connectivity index (χ0v) is 14.4. The first-order chi connectivity index (χ1) is 10.7. The van der Waals surface area contributed by atoms with Gasteiger partial charge in [0.15, 0.2) is 12.4 Å². The van der Waals surface area contributed by atoms with Gasteiger partial charge in [-0.05, 0) is 52.0 Å². The fourth-order valence-electron chi connectivity index (χ4n) is 1.94. The van der Waals surface area contributed by atoms with Gasteiger partial charge in [-0.25, -0.2) is 4.98 Å². The summed E-state index contributed by atoms with van der Waals surface area (Å²) in [5, 5.41) is 3.48. The Morgan fingerprint density at radius 3 is 2.48 bits per heavy atom. The lowest BCUT2D eigenvalue weighted by molar-refractivity contribution is -0.124. The van der Waals surface area contributed by atoms with Crippen LogP contribution in [0.4, 0.5) is 0 Å². The van der Waals surface area contributed by atoms with Crippen LogP contribution >= 0.6 is 11.6 Å². The second-order valence-corrected chi connectivity index (χ2v) is 6.70. The Kier molecular flexibility index (Phi) is 5.21. The Labute approximate surface area is 141 Å². The normalized spacial score (nSPS) is 11.2. The van der Waals surface area contributed by atoms with Gasteiger partial charge in [0.1, 0.15) is 0 Å². The summed E-state index contributed by atoms with van der Waals surface area (Å²) in [6.45, 7) is 7.51. The molecule has 122 valence electrons. The minimum atomic E-state index is -0.295. The third-order valence-electron chi connectivity index (χ3n) is 2.80. The lowest BCUT2D eigenvalue weighted by atomic mass is 10.1. The van der Waals surface area contributed by atoms with E-state index >= 15 is 0 Å². The summed E-state index contributed by atoms with van der Waals surface area (Å²) in [7, 11) is 0. The van der Waals surface area contributed by atoms with Crippen molar-refractivity contribution in [2.75, 3.05) is 6.61 Å². The Morgan fingerprint density at radius 2 is 1.87 bits per heavy atom. The number of benzene rings is 1. The second-order valence-electron chi connectivity index (χ2n) is 6.26. The molecule has 0 fully saturated rings. The maximum absolute atomic E-state index is 11.8. The van der Waals surface area contributed by atoms with E-state index in [0.717, 1.165) is 11.3 Å². The average molecular weight is 334 g/mol. The maximum Gasteiger partial charge on any atom is 0.258 e. The third kappa shape index (κ3) is 5.53. The van der Waals surface area contributed by atoms with Crippen LogP contribution in [0, 0.1) is 6.92 Å². The quantitative estimate of drug-likeness (QED) is 0.931. The molecule has 1 amide bonds. The van der Waals surface area contributed by atoms with Crippen molar-refractivity contribution in [3.8, 4) is 17.3 Å². The summed E-state index contributed by atoms with van der Waals surface area (Å²) >= 11 is 5.89. The Morgan fingerprint density at radius 1 is 1.22 bits per heavy atom. The molecule has 23 heavy (non-hydrogen) atoms. The van der Waals surface area contributed by atoms with E-state index in [0.29, 0.717) is 16.7 Å². The molecule has 0 bridgehead atoms. The number of hydrogen-bond donors (Lipinski definition) is 1. The maximum atomic E-state index is 11.8. The van der Waals surface area contributed by atoms with Crippen LogP contribution in [-0.4, -0.2) is 28.0 Å². The van der Waals surface area contributed by atoms with Crippen molar-refractivity contribution in [3.63, 3.8) is 0 Å². The molecule has 0 unspecified atom stereocenters. The van der Waals surface area contributed by atoms with Gasteiger partial charge in [0.25, 0.3) is 5.91 Å². The molecule has 0 spiro atoms. The van der Waals surface area contributed by atoms with E-state index in [1.807, 2.05) is 39.8 Å². The van der Waals surface area contributed by atoms with E-state index in [2.05, 4.69) is 15.3 Å². The summed E-state index contributed by atoms with van der Waals surface area (Å²) in [5.74, 6) is 0.709. The van der Waals surface area contributed by atoms with Gasteiger partial charge in [0.05, 0.1) is 0 Å². The molecule has 1 N–H and O–H groups in total. The minimum Gasteiger partial charge on any atom is -0.467 e. The highest BCUT2D eigenvalue weighted by atomic mass is 35.5. The lowest BCUT2D eigenvalue weighted by Gasteiger charge is -2.20. The number of aromatic nitrogens is 2. The number of ether oxygens (including phenoxy) is 1. The molecule has 0 saturated heterocycles. The van der Waals surface area contributed by atoms with E-state index in [9.17, 15) is 4.79 Å². The van der Waals surface area contributed by atoms with Crippen LogP contribution in [0.5, 0.6) is 5.88 Å². The molecule has 1 aromatic carbocycles. The van der Waals surface area contributed by atoms with Crippen molar-refractivity contribution in [2.24, 2.45) is 0 Å². The number of carbonyl (C=O) groups is 1. The van der Waals surface area contributed by atoms with Gasteiger partial charge < -0.3 is 10.1 Å². The molecule has 0 radical (unpaired) electrons. The standard InChI is InChI=1S/C17H20ClN3O2/c1-11-9-15(23-10-14(22)21-17(2,3)4)20-16(19-11)12-5-7-13(18)8-6-12/h5-9H,10H2,1-4H3,(H,21,22). The van der Waals surface area contributed by atoms with Gasteiger partial charge in [0.2, 0.25) is 5.88 Å². The van der Waals surface area contributed by atoms with Crippen LogP contribution < -0.4 is 10.1 Å². The number of halogens is 1. The summed E-state index contributed by atoms with van der Waals surface area (Å²) in [5.41, 5.74) is 1.30. The molecule has 1 heterocycles. The summed E-state index contributed by atoms with van der Waals surface area (Å²) in [4.78, 5) is 20.5. The van der Waals surface area contributed by atoms with E-state index in [1.165, 1.54) is 0 Å². The largest absolute Gasteiger partial charge is 0.467 e. The van der Waals surface area contributed by atoms with Gasteiger partial charge in [0, 0.05) is 27.9 Å². The molecule has 2 rings (SSSR count). The zero-order chi connectivity index (χ0) is 17.0. The molecule has 0 atom stereocenters. The highest BCUT2D eigenvalue weighted by Crippen LogP contribution is 2.21. The van der Waals surface area contributed by atoms with Crippen molar-refractivity contribution < 1.29 is 9.53 Å². The molecule has 0 saturated carbocycles. The first kappa shape index (κ1) is 17.2. The molecule has 0 aliphatic carbocycles. The monoisotopic (exact) mass is 333 g/mol. The van der Waals surface area contributed by atoms with Gasteiger partial charge in [-0.3, -0.25) is 4.79 Å². The molecule has 5 nitrogen and oxygen atoms in total. The second kappa shape index (κ2) is 6.96. The van der Waals surface area contributed by atoms with Gasteiger partial charge >= 0.3 is 0 Å². The molecular formula is C17H20ClN3O2. The highest BCUT2D eigenvalue weighted by molar-refractivity contribution is 6.30. The molecule has 1 aromatic heterocycles. The number of nitrogens with one attached hydrogen (secondary N) is 1. The van der Waals surface area contributed by atoms with E-state index in [4.69, 9.17) is 16.3 Å². The van der Waals surface area contributed by atoms with Gasteiger partial charge in [-0.1, -0.05) is 11.6 Å². The number of hydrogen-bond acceptors (Lipinski definition) is 4. The Bertz CT molecular complexity index is 694. The molecule has 0 aliphatic heterocycles. The SMILES string of the molecule is Cc1cc(OCC(=O)NC(C)(C)C)nc(-c2ccc(Cl)cc2)n1. The summed E-state index contributed by atoms with van der Waals surface area (Å²) in [6.07, 6.45) is 0. The Hall–Kier alpha value is -2.14. The summed E-state index contributed by atoms with van der Waals surface area (Å²) < 4.78 is 5.49. The van der Waals surface area contributed by atoms with Crippen LogP contribution in [0.25, 0.3) is 11.4 Å². The van der Waals surface area contributed by atoms with Gasteiger partial charge in [-0.15, -0.1) is 0 Å². The lowest BCUT2D eigenvalue weighted by Crippen LogP contribution is -2.43. The smallest absolute Gasteiger partial charge is 0.258 e.